The number of carboxylic acids is 1. The van der Waals surface area contributed by atoms with E-state index in [4.69, 9.17) is 16.3 Å². The smallest absolute Gasteiger partial charge is 0.337 e. The molecule has 2 N–H and O–H groups in total. The highest BCUT2D eigenvalue weighted by atomic mass is 35.5. The number of halogens is 1. The van der Waals surface area contributed by atoms with Gasteiger partial charge in [0.25, 0.3) is 0 Å². The molecule has 5 heteroatoms. The number of hydrogen-bond donors (Lipinski definition) is 2. The lowest BCUT2D eigenvalue weighted by Gasteiger charge is -2.23. The van der Waals surface area contributed by atoms with Crippen molar-refractivity contribution in [1.29, 1.82) is 0 Å². The Balaban J connectivity index is 1.72. The van der Waals surface area contributed by atoms with Crippen molar-refractivity contribution in [2.45, 2.75) is 25.4 Å². The largest absolute Gasteiger partial charge is 0.478 e. The van der Waals surface area contributed by atoms with Crippen molar-refractivity contribution in [3.8, 4) is 11.1 Å². The maximum absolute atomic E-state index is 11.4. The Morgan fingerprint density at radius 3 is 2.68 bits per heavy atom. The van der Waals surface area contributed by atoms with Gasteiger partial charge in [-0.05, 0) is 42.5 Å². The molecular formula is C20H18ClNO3. The molecule has 3 aromatic rings. The van der Waals surface area contributed by atoms with E-state index in [-0.39, 0.29) is 11.7 Å². The third-order valence-electron chi connectivity index (χ3n) is 4.77. The predicted molar refractivity (Wildman–Crippen MR) is 98.2 cm³/mol. The van der Waals surface area contributed by atoms with Crippen LogP contribution in [0.3, 0.4) is 0 Å². The van der Waals surface area contributed by atoms with Gasteiger partial charge < -0.3 is 14.8 Å². The second kappa shape index (κ2) is 6.54. The standard InChI is InChI=1S/C20H18ClNO3/c21-17-10-18-15(16(11-22-18)20(23)24)9-14(17)12-4-6-13(7-5-12)19-3-1-2-8-25-19/h4-7,9-11,19,22H,1-3,8H2,(H,23,24). The molecule has 0 saturated carbocycles. The summed E-state index contributed by atoms with van der Waals surface area (Å²) in [5.74, 6) is -0.954. The van der Waals surface area contributed by atoms with Crippen molar-refractivity contribution in [3.05, 3.63) is 58.7 Å². The number of rotatable bonds is 3. The van der Waals surface area contributed by atoms with Crippen LogP contribution in [0.4, 0.5) is 0 Å². The molecule has 4 rings (SSSR count). The van der Waals surface area contributed by atoms with Gasteiger partial charge in [-0.2, -0.15) is 0 Å². The Labute approximate surface area is 150 Å². The first-order valence-corrected chi connectivity index (χ1v) is 8.77. The van der Waals surface area contributed by atoms with Crippen molar-refractivity contribution < 1.29 is 14.6 Å². The highest BCUT2D eigenvalue weighted by molar-refractivity contribution is 6.34. The van der Waals surface area contributed by atoms with Crippen LogP contribution in [0.25, 0.3) is 22.0 Å². The minimum absolute atomic E-state index is 0.170. The lowest BCUT2D eigenvalue weighted by molar-refractivity contribution is 0.0149. The Bertz CT molecular complexity index is 924. The predicted octanol–water partition coefficient (Wildman–Crippen LogP) is 5.43. The lowest BCUT2D eigenvalue weighted by atomic mass is 9.97. The molecule has 1 aromatic heterocycles. The van der Waals surface area contributed by atoms with E-state index < -0.39 is 5.97 Å². The van der Waals surface area contributed by atoms with E-state index in [9.17, 15) is 9.90 Å². The molecule has 0 bridgehead atoms. The van der Waals surface area contributed by atoms with Gasteiger partial charge >= 0.3 is 5.97 Å². The molecule has 2 heterocycles. The van der Waals surface area contributed by atoms with Crippen LogP contribution in [0.5, 0.6) is 0 Å². The number of carbonyl (C=O) groups is 1. The zero-order chi connectivity index (χ0) is 17.4. The molecule has 25 heavy (non-hydrogen) atoms. The van der Waals surface area contributed by atoms with E-state index in [1.807, 2.05) is 18.2 Å². The Morgan fingerprint density at radius 1 is 1.20 bits per heavy atom. The van der Waals surface area contributed by atoms with Crippen LogP contribution in [-0.4, -0.2) is 22.7 Å². The number of benzene rings is 2. The maximum Gasteiger partial charge on any atom is 0.337 e. The molecule has 0 radical (unpaired) electrons. The van der Waals surface area contributed by atoms with E-state index in [1.165, 1.54) is 18.2 Å². The Kier molecular flexibility index (Phi) is 4.24. The average molecular weight is 356 g/mol. The van der Waals surface area contributed by atoms with Crippen LogP contribution in [0.15, 0.2) is 42.6 Å². The fourth-order valence-corrected chi connectivity index (χ4v) is 3.70. The summed E-state index contributed by atoms with van der Waals surface area (Å²) in [6.45, 7) is 0.820. The van der Waals surface area contributed by atoms with Crippen molar-refractivity contribution in [2.24, 2.45) is 0 Å². The summed E-state index contributed by atoms with van der Waals surface area (Å²) in [7, 11) is 0. The number of aromatic amines is 1. The van der Waals surface area contributed by atoms with Crippen LogP contribution < -0.4 is 0 Å². The first-order valence-electron chi connectivity index (χ1n) is 8.39. The highest BCUT2D eigenvalue weighted by Crippen LogP contribution is 2.35. The minimum Gasteiger partial charge on any atom is -0.478 e. The van der Waals surface area contributed by atoms with Gasteiger partial charge in [0.05, 0.1) is 16.7 Å². The topological polar surface area (TPSA) is 62.3 Å². The molecule has 1 aliphatic heterocycles. The molecule has 0 aliphatic carbocycles. The number of nitrogens with one attached hydrogen (secondary N) is 1. The number of carboxylic acid groups (broad SMARTS) is 1. The third-order valence-corrected chi connectivity index (χ3v) is 5.09. The SMILES string of the molecule is O=C(O)c1c[nH]c2cc(Cl)c(-c3ccc(C4CCCCO4)cc3)cc12. The van der Waals surface area contributed by atoms with Crippen LogP contribution in [0.1, 0.15) is 41.3 Å². The van der Waals surface area contributed by atoms with Gasteiger partial charge in [0.2, 0.25) is 0 Å². The molecule has 1 saturated heterocycles. The summed E-state index contributed by atoms with van der Waals surface area (Å²) < 4.78 is 5.83. The van der Waals surface area contributed by atoms with Crippen LogP contribution >= 0.6 is 11.6 Å². The molecule has 1 atom stereocenters. The molecule has 1 aliphatic rings. The van der Waals surface area contributed by atoms with Gasteiger partial charge in [-0.15, -0.1) is 0 Å². The summed E-state index contributed by atoms with van der Waals surface area (Å²) in [5.41, 5.74) is 3.93. The first kappa shape index (κ1) is 16.2. The van der Waals surface area contributed by atoms with Gasteiger partial charge in [-0.25, -0.2) is 4.79 Å². The highest BCUT2D eigenvalue weighted by Gasteiger charge is 2.17. The summed E-state index contributed by atoms with van der Waals surface area (Å²) in [6, 6.07) is 11.8. The Morgan fingerprint density at radius 2 is 2.00 bits per heavy atom. The monoisotopic (exact) mass is 355 g/mol. The third kappa shape index (κ3) is 3.03. The normalized spacial score (nSPS) is 17.7. The van der Waals surface area contributed by atoms with Crippen LogP contribution in [0.2, 0.25) is 5.02 Å². The fraction of sp³-hybridized carbons (Fsp3) is 0.250. The van der Waals surface area contributed by atoms with Crippen LogP contribution in [-0.2, 0) is 4.74 Å². The van der Waals surface area contributed by atoms with Gasteiger partial charge in [0, 0.05) is 29.3 Å². The van der Waals surface area contributed by atoms with Crippen molar-refractivity contribution in [1.82, 2.24) is 4.98 Å². The minimum atomic E-state index is -0.954. The number of fused-ring (bicyclic) bond motifs is 1. The molecule has 128 valence electrons. The van der Waals surface area contributed by atoms with Crippen molar-refractivity contribution in [3.63, 3.8) is 0 Å². The quantitative estimate of drug-likeness (QED) is 0.658. The molecule has 1 unspecified atom stereocenters. The zero-order valence-electron chi connectivity index (χ0n) is 13.6. The lowest BCUT2D eigenvalue weighted by Crippen LogP contribution is -2.11. The van der Waals surface area contributed by atoms with Gasteiger partial charge in [-0.1, -0.05) is 35.9 Å². The van der Waals surface area contributed by atoms with E-state index in [0.29, 0.717) is 10.4 Å². The summed E-state index contributed by atoms with van der Waals surface area (Å²) in [4.78, 5) is 14.3. The van der Waals surface area contributed by atoms with E-state index in [0.717, 1.165) is 36.1 Å². The van der Waals surface area contributed by atoms with Gasteiger partial charge in [-0.3, -0.25) is 0 Å². The number of H-pyrrole nitrogens is 1. The Hall–Kier alpha value is -2.30. The molecule has 2 aromatic carbocycles. The summed E-state index contributed by atoms with van der Waals surface area (Å²) in [5, 5.41) is 10.6. The number of aromatic carboxylic acids is 1. The summed E-state index contributed by atoms with van der Waals surface area (Å²) in [6.07, 6.45) is 5.05. The average Bonchev–Trinajstić information content (AvgIpc) is 3.05. The number of aromatic nitrogens is 1. The van der Waals surface area contributed by atoms with E-state index >= 15 is 0 Å². The van der Waals surface area contributed by atoms with E-state index in [1.54, 1.807) is 6.07 Å². The van der Waals surface area contributed by atoms with Gasteiger partial charge in [0.15, 0.2) is 0 Å². The maximum atomic E-state index is 11.4. The van der Waals surface area contributed by atoms with Crippen LogP contribution in [0, 0.1) is 0 Å². The zero-order valence-corrected chi connectivity index (χ0v) is 14.3. The molecule has 4 nitrogen and oxygen atoms in total. The van der Waals surface area contributed by atoms with Crippen molar-refractivity contribution >= 4 is 28.5 Å². The fourth-order valence-electron chi connectivity index (χ4n) is 3.42. The summed E-state index contributed by atoms with van der Waals surface area (Å²) >= 11 is 6.42. The second-order valence-corrected chi connectivity index (χ2v) is 6.77. The van der Waals surface area contributed by atoms with E-state index in [2.05, 4.69) is 17.1 Å². The second-order valence-electron chi connectivity index (χ2n) is 6.36. The molecule has 0 spiro atoms. The molecule has 0 amide bonds. The molecular weight excluding hydrogens is 338 g/mol. The number of ether oxygens (including phenoxy) is 1. The number of hydrogen-bond acceptors (Lipinski definition) is 2. The molecule has 1 fully saturated rings. The first-order chi connectivity index (χ1) is 12.1. The van der Waals surface area contributed by atoms with Crippen molar-refractivity contribution in [2.75, 3.05) is 6.61 Å². The van der Waals surface area contributed by atoms with Gasteiger partial charge in [0.1, 0.15) is 0 Å².